The summed E-state index contributed by atoms with van der Waals surface area (Å²) < 4.78 is 0. The highest BCUT2D eigenvalue weighted by molar-refractivity contribution is 6.30. The first-order valence-electron chi connectivity index (χ1n) is 5.28. The molecule has 0 saturated heterocycles. The second kappa shape index (κ2) is 6.25. The number of nitrogens with one attached hydrogen (secondary N) is 2. The van der Waals surface area contributed by atoms with E-state index in [1.165, 1.54) is 6.92 Å². The predicted octanol–water partition coefficient (Wildman–Crippen LogP) is 1.48. The molecule has 2 amide bonds. The van der Waals surface area contributed by atoms with Gasteiger partial charge >= 0.3 is 0 Å². The summed E-state index contributed by atoms with van der Waals surface area (Å²) in [6.07, 6.45) is 0. The van der Waals surface area contributed by atoms with Gasteiger partial charge in [-0.3, -0.25) is 9.59 Å². The van der Waals surface area contributed by atoms with Crippen LogP contribution in [0.4, 0.5) is 0 Å². The third-order valence-electron chi connectivity index (χ3n) is 2.17. The topological polar surface area (TPSA) is 58.2 Å². The molecular formula is C12H15ClN2O2. The SMILES string of the molecule is CC(=O)N[C@@H](C)C(=O)NCc1cccc(Cl)c1. The zero-order valence-electron chi connectivity index (χ0n) is 9.79. The van der Waals surface area contributed by atoms with Gasteiger partial charge in [0.1, 0.15) is 6.04 Å². The predicted molar refractivity (Wildman–Crippen MR) is 66.6 cm³/mol. The fourth-order valence-electron chi connectivity index (χ4n) is 1.36. The minimum absolute atomic E-state index is 0.222. The largest absolute Gasteiger partial charge is 0.350 e. The van der Waals surface area contributed by atoms with Gasteiger partial charge in [0.15, 0.2) is 0 Å². The maximum Gasteiger partial charge on any atom is 0.242 e. The zero-order chi connectivity index (χ0) is 12.8. The highest BCUT2D eigenvalue weighted by atomic mass is 35.5. The number of hydrogen-bond donors (Lipinski definition) is 2. The van der Waals surface area contributed by atoms with Crippen LogP contribution in [-0.4, -0.2) is 17.9 Å². The summed E-state index contributed by atoms with van der Waals surface area (Å²) in [7, 11) is 0. The number of hydrogen-bond acceptors (Lipinski definition) is 2. The standard InChI is InChI=1S/C12H15ClN2O2/c1-8(15-9(2)16)12(17)14-7-10-4-3-5-11(13)6-10/h3-6,8H,7H2,1-2H3,(H,14,17)(H,15,16)/t8-/m0/s1. The Bertz CT molecular complexity index is 421. The number of carbonyl (C=O) groups is 2. The van der Waals surface area contributed by atoms with Crippen LogP contribution in [0, 0.1) is 0 Å². The molecule has 1 aromatic rings. The molecule has 0 bridgehead atoms. The maximum atomic E-state index is 11.6. The third kappa shape index (κ3) is 4.87. The Hall–Kier alpha value is -1.55. The lowest BCUT2D eigenvalue weighted by molar-refractivity contribution is -0.127. The average molecular weight is 255 g/mol. The molecule has 17 heavy (non-hydrogen) atoms. The summed E-state index contributed by atoms with van der Waals surface area (Å²) in [5.41, 5.74) is 0.917. The number of halogens is 1. The molecule has 5 heteroatoms. The van der Waals surface area contributed by atoms with Crippen molar-refractivity contribution in [2.24, 2.45) is 0 Å². The molecule has 0 aliphatic rings. The van der Waals surface area contributed by atoms with Crippen molar-refractivity contribution in [2.75, 3.05) is 0 Å². The summed E-state index contributed by atoms with van der Waals surface area (Å²) >= 11 is 5.82. The van der Waals surface area contributed by atoms with E-state index in [0.717, 1.165) is 5.56 Å². The van der Waals surface area contributed by atoms with Gasteiger partial charge in [0.05, 0.1) is 0 Å². The van der Waals surface area contributed by atoms with Crippen LogP contribution in [-0.2, 0) is 16.1 Å². The van der Waals surface area contributed by atoms with Crippen LogP contribution in [0.25, 0.3) is 0 Å². The van der Waals surface area contributed by atoms with Gasteiger partial charge in [0, 0.05) is 18.5 Å². The Kier molecular flexibility index (Phi) is 4.97. The van der Waals surface area contributed by atoms with E-state index < -0.39 is 6.04 Å². The molecule has 2 N–H and O–H groups in total. The molecule has 0 spiro atoms. The third-order valence-corrected chi connectivity index (χ3v) is 2.40. The molecule has 0 unspecified atom stereocenters. The first-order chi connectivity index (χ1) is 7.99. The maximum absolute atomic E-state index is 11.6. The van der Waals surface area contributed by atoms with Crippen LogP contribution >= 0.6 is 11.6 Å². The van der Waals surface area contributed by atoms with E-state index in [1.807, 2.05) is 12.1 Å². The molecule has 1 rings (SSSR count). The fourth-order valence-corrected chi connectivity index (χ4v) is 1.57. The second-order valence-electron chi connectivity index (χ2n) is 3.77. The van der Waals surface area contributed by atoms with Gasteiger partial charge in [-0.2, -0.15) is 0 Å². The quantitative estimate of drug-likeness (QED) is 0.855. The molecule has 0 fully saturated rings. The Balaban J connectivity index is 2.45. The molecule has 1 atom stereocenters. The molecule has 1 aromatic carbocycles. The van der Waals surface area contributed by atoms with Gasteiger partial charge in [-0.1, -0.05) is 23.7 Å². The van der Waals surface area contributed by atoms with E-state index in [-0.39, 0.29) is 11.8 Å². The number of rotatable bonds is 4. The minimum Gasteiger partial charge on any atom is -0.350 e. The second-order valence-corrected chi connectivity index (χ2v) is 4.21. The van der Waals surface area contributed by atoms with Gasteiger partial charge in [0.25, 0.3) is 0 Å². The Labute approximate surface area is 105 Å². The molecular weight excluding hydrogens is 240 g/mol. The van der Waals surface area contributed by atoms with E-state index in [2.05, 4.69) is 10.6 Å². The molecule has 0 radical (unpaired) electrons. The fraction of sp³-hybridized carbons (Fsp3) is 0.333. The number of benzene rings is 1. The first-order valence-corrected chi connectivity index (χ1v) is 5.66. The van der Waals surface area contributed by atoms with Gasteiger partial charge in [-0.15, -0.1) is 0 Å². The van der Waals surface area contributed by atoms with Crippen molar-refractivity contribution in [3.8, 4) is 0 Å². The van der Waals surface area contributed by atoms with Crippen LogP contribution in [0.5, 0.6) is 0 Å². The molecule has 92 valence electrons. The normalized spacial score (nSPS) is 11.7. The monoisotopic (exact) mass is 254 g/mol. The molecule has 0 aliphatic heterocycles. The summed E-state index contributed by atoms with van der Waals surface area (Å²) in [5, 5.41) is 5.86. The zero-order valence-corrected chi connectivity index (χ0v) is 10.5. The van der Waals surface area contributed by atoms with Crippen molar-refractivity contribution in [3.63, 3.8) is 0 Å². The van der Waals surface area contributed by atoms with Crippen molar-refractivity contribution in [1.29, 1.82) is 0 Å². The Morgan fingerprint density at radius 1 is 1.41 bits per heavy atom. The Morgan fingerprint density at radius 3 is 2.71 bits per heavy atom. The van der Waals surface area contributed by atoms with Gasteiger partial charge < -0.3 is 10.6 Å². The van der Waals surface area contributed by atoms with Crippen molar-refractivity contribution in [1.82, 2.24) is 10.6 Å². The van der Waals surface area contributed by atoms with E-state index in [4.69, 9.17) is 11.6 Å². The molecule has 0 saturated carbocycles. The van der Waals surface area contributed by atoms with Crippen molar-refractivity contribution in [2.45, 2.75) is 26.4 Å². The summed E-state index contributed by atoms with van der Waals surface area (Å²) in [5.74, 6) is -0.449. The molecule has 0 heterocycles. The number of amides is 2. The van der Waals surface area contributed by atoms with Crippen LogP contribution in [0.3, 0.4) is 0 Å². The molecule has 0 aromatic heterocycles. The van der Waals surface area contributed by atoms with Gasteiger partial charge in [-0.25, -0.2) is 0 Å². The minimum atomic E-state index is -0.535. The van der Waals surface area contributed by atoms with E-state index in [0.29, 0.717) is 11.6 Å². The highest BCUT2D eigenvalue weighted by Crippen LogP contribution is 2.10. The van der Waals surface area contributed by atoms with Crippen LogP contribution in [0.2, 0.25) is 5.02 Å². The summed E-state index contributed by atoms with van der Waals surface area (Å²) in [6, 6.07) is 6.71. The molecule has 0 aliphatic carbocycles. The average Bonchev–Trinajstić information content (AvgIpc) is 2.25. The van der Waals surface area contributed by atoms with Crippen molar-refractivity contribution in [3.05, 3.63) is 34.9 Å². The van der Waals surface area contributed by atoms with E-state index in [9.17, 15) is 9.59 Å². The number of carbonyl (C=O) groups excluding carboxylic acids is 2. The van der Waals surface area contributed by atoms with Crippen LogP contribution < -0.4 is 10.6 Å². The summed E-state index contributed by atoms with van der Waals surface area (Å²) in [4.78, 5) is 22.3. The van der Waals surface area contributed by atoms with Crippen LogP contribution in [0.1, 0.15) is 19.4 Å². The van der Waals surface area contributed by atoms with Crippen molar-refractivity contribution >= 4 is 23.4 Å². The van der Waals surface area contributed by atoms with Crippen LogP contribution in [0.15, 0.2) is 24.3 Å². The highest BCUT2D eigenvalue weighted by Gasteiger charge is 2.12. The Morgan fingerprint density at radius 2 is 2.12 bits per heavy atom. The van der Waals surface area contributed by atoms with Gasteiger partial charge in [-0.05, 0) is 24.6 Å². The lowest BCUT2D eigenvalue weighted by Crippen LogP contribution is -2.43. The van der Waals surface area contributed by atoms with E-state index in [1.54, 1.807) is 19.1 Å². The lowest BCUT2D eigenvalue weighted by atomic mass is 10.2. The van der Waals surface area contributed by atoms with E-state index >= 15 is 0 Å². The van der Waals surface area contributed by atoms with Crippen molar-refractivity contribution < 1.29 is 9.59 Å². The first kappa shape index (κ1) is 13.5. The summed E-state index contributed by atoms with van der Waals surface area (Å²) in [6.45, 7) is 3.40. The molecule has 4 nitrogen and oxygen atoms in total. The van der Waals surface area contributed by atoms with Gasteiger partial charge in [0.2, 0.25) is 11.8 Å². The smallest absolute Gasteiger partial charge is 0.242 e. The lowest BCUT2D eigenvalue weighted by Gasteiger charge is -2.12.